The second kappa shape index (κ2) is 16.4. The van der Waals surface area contributed by atoms with Crippen LogP contribution in [0.15, 0.2) is 72.8 Å². The number of unbranched alkanes of at least 4 members (excludes halogenated alkanes) is 4. The summed E-state index contributed by atoms with van der Waals surface area (Å²) in [5.74, 6) is 0.658. The second-order valence-corrected chi connectivity index (χ2v) is 11.8. The number of carbonyl (C=O) groups excluding carboxylic acids is 1. The van der Waals surface area contributed by atoms with Gasteiger partial charge in [0.2, 0.25) is 0 Å². The monoisotopic (exact) mass is 540 g/mol. The maximum Gasteiger partial charge on any atom is 0.338 e. The lowest BCUT2D eigenvalue weighted by Crippen LogP contribution is -2.20. The highest BCUT2D eigenvalue weighted by Crippen LogP contribution is 2.26. The van der Waals surface area contributed by atoms with Crippen LogP contribution in [-0.2, 0) is 22.3 Å². The van der Waals surface area contributed by atoms with Gasteiger partial charge in [0.15, 0.2) is 0 Å². The summed E-state index contributed by atoms with van der Waals surface area (Å²) in [6, 6.07) is 25.6. The Morgan fingerprint density at radius 3 is 1.77 bits per heavy atom. The molecule has 4 rings (SSSR count). The standard InChI is InChI=1S/C37H48O3/c1-29-11-19-33(20-12-29)34-21-15-31(16-22-34)9-5-6-10-32-17-23-35(24-18-32)37(38)40-28-8-4-3-7-27-39-36-25-13-30(2)14-26-36/h11-12,15-24,30,36H,3-10,13-14,25-28H2,1-2H3. The van der Waals surface area contributed by atoms with Crippen LogP contribution in [0.3, 0.4) is 0 Å². The number of esters is 1. The maximum atomic E-state index is 12.4. The van der Waals surface area contributed by atoms with Gasteiger partial charge in [-0.15, -0.1) is 0 Å². The number of rotatable bonds is 15. The summed E-state index contributed by atoms with van der Waals surface area (Å²) < 4.78 is 11.5. The van der Waals surface area contributed by atoms with Crippen LogP contribution in [0, 0.1) is 12.8 Å². The van der Waals surface area contributed by atoms with E-state index in [1.54, 1.807) is 0 Å². The van der Waals surface area contributed by atoms with Crippen molar-refractivity contribution in [3.05, 3.63) is 95.1 Å². The van der Waals surface area contributed by atoms with Gasteiger partial charge in [-0.2, -0.15) is 0 Å². The number of aryl methyl sites for hydroxylation is 3. The zero-order valence-corrected chi connectivity index (χ0v) is 24.7. The predicted molar refractivity (Wildman–Crippen MR) is 166 cm³/mol. The Labute approximate surface area is 242 Å². The molecule has 0 aliphatic heterocycles. The molecule has 0 N–H and O–H groups in total. The number of hydrogen-bond donors (Lipinski definition) is 0. The Bertz CT molecular complexity index is 1120. The van der Waals surface area contributed by atoms with Crippen LogP contribution < -0.4 is 0 Å². The molecule has 3 aromatic rings. The molecule has 0 unspecified atom stereocenters. The molecule has 0 spiro atoms. The summed E-state index contributed by atoms with van der Waals surface area (Å²) in [6.07, 6.45) is 14.2. The van der Waals surface area contributed by atoms with Gasteiger partial charge in [0.25, 0.3) is 0 Å². The molecule has 0 heterocycles. The summed E-state index contributed by atoms with van der Waals surface area (Å²) in [5, 5.41) is 0. The van der Waals surface area contributed by atoms with Crippen LogP contribution in [0.2, 0.25) is 0 Å². The van der Waals surface area contributed by atoms with Crippen LogP contribution >= 0.6 is 0 Å². The molecule has 1 saturated carbocycles. The molecule has 0 aromatic heterocycles. The van der Waals surface area contributed by atoms with Gasteiger partial charge in [-0.05, 0) is 118 Å². The van der Waals surface area contributed by atoms with E-state index in [2.05, 4.69) is 74.5 Å². The molecule has 3 heteroatoms. The van der Waals surface area contributed by atoms with Gasteiger partial charge in [0, 0.05) is 6.61 Å². The largest absolute Gasteiger partial charge is 0.462 e. The molecule has 0 amide bonds. The number of benzene rings is 3. The van der Waals surface area contributed by atoms with E-state index in [0.717, 1.165) is 63.9 Å². The predicted octanol–water partition coefficient (Wildman–Crippen LogP) is 9.54. The van der Waals surface area contributed by atoms with E-state index >= 15 is 0 Å². The third kappa shape index (κ3) is 10.2. The lowest BCUT2D eigenvalue weighted by Gasteiger charge is -2.26. The molecule has 1 aliphatic carbocycles. The van der Waals surface area contributed by atoms with Gasteiger partial charge in [-0.1, -0.05) is 79.6 Å². The van der Waals surface area contributed by atoms with Crippen molar-refractivity contribution in [2.45, 2.75) is 97.0 Å². The van der Waals surface area contributed by atoms with Gasteiger partial charge < -0.3 is 9.47 Å². The molecule has 214 valence electrons. The van der Waals surface area contributed by atoms with Crippen LogP contribution in [0.5, 0.6) is 0 Å². The first kappa shape index (κ1) is 30.1. The van der Waals surface area contributed by atoms with Crippen molar-refractivity contribution >= 4 is 5.97 Å². The second-order valence-electron chi connectivity index (χ2n) is 11.8. The number of hydrogen-bond acceptors (Lipinski definition) is 3. The molecule has 40 heavy (non-hydrogen) atoms. The lowest BCUT2D eigenvalue weighted by molar-refractivity contribution is 0.0176. The summed E-state index contributed by atoms with van der Waals surface area (Å²) in [7, 11) is 0. The van der Waals surface area contributed by atoms with Crippen molar-refractivity contribution in [3.8, 4) is 11.1 Å². The average molecular weight is 541 g/mol. The smallest absolute Gasteiger partial charge is 0.338 e. The van der Waals surface area contributed by atoms with E-state index in [1.165, 1.54) is 53.5 Å². The Balaban J connectivity index is 1.04. The van der Waals surface area contributed by atoms with Gasteiger partial charge in [0.1, 0.15) is 0 Å². The van der Waals surface area contributed by atoms with Crippen molar-refractivity contribution in [1.82, 2.24) is 0 Å². The molecular weight excluding hydrogens is 492 g/mol. The fourth-order valence-corrected chi connectivity index (χ4v) is 5.53. The van der Waals surface area contributed by atoms with Gasteiger partial charge in [-0.3, -0.25) is 0 Å². The SMILES string of the molecule is Cc1ccc(-c2ccc(CCCCc3ccc(C(=O)OCCCCCCOC4CCC(C)CC4)cc3)cc2)cc1. The van der Waals surface area contributed by atoms with E-state index in [9.17, 15) is 4.79 Å². The van der Waals surface area contributed by atoms with Crippen molar-refractivity contribution in [3.63, 3.8) is 0 Å². The summed E-state index contributed by atoms with van der Waals surface area (Å²) in [6.45, 7) is 5.82. The minimum absolute atomic E-state index is 0.213. The maximum absolute atomic E-state index is 12.4. The molecule has 0 bridgehead atoms. The first-order valence-electron chi connectivity index (χ1n) is 15.6. The van der Waals surface area contributed by atoms with Crippen molar-refractivity contribution in [2.24, 2.45) is 5.92 Å². The lowest BCUT2D eigenvalue weighted by atomic mass is 9.89. The minimum Gasteiger partial charge on any atom is -0.462 e. The van der Waals surface area contributed by atoms with E-state index < -0.39 is 0 Å². The fourth-order valence-electron chi connectivity index (χ4n) is 5.53. The van der Waals surface area contributed by atoms with Gasteiger partial charge in [-0.25, -0.2) is 4.79 Å². The van der Waals surface area contributed by atoms with Crippen LogP contribution in [0.25, 0.3) is 11.1 Å². The van der Waals surface area contributed by atoms with Gasteiger partial charge in [0.05, 0.1) is 18.3 Å². The van der Waals surface area contributed by atoms with E-state index in [-0.39, 0.29) is 5.97 Å². The molecule has 1 aliphatic rings. The molecule has 0 radical (unpaired) electrons. The highest BCUT2D eigenvalue weighted by atomic mass is 16.5. The van der Waals surface area contributed by atoms with Gasteiger partial charge >= 0.3 is 5.97 Å². The fraction of sp³-hybridized carbons (Fsp3) is 0.486. The molecule has 0 saturated heterocycles. The summed E-state index contributed by atoms with van der Waals surface area (Å²) in [4.78, 5) is 12.4. The van der Waals surface area contributed by atoms with E-state index in [4.69, 9.17) is 9.47 Å². The molecular formula is C37H48O3. The highest BCUT2D eigenvalue weighted by Gasteiger charge is 2.18. The molecule has 3 nitrogen and oxygen atoms in total. The van der Waals surface area contributed by atoms with Crippen molar-refractivity contribution in [2.75, 3.05) is 13.2 Å². The summed E-state index contributed by atoms with van der Waals surface area (Å²) in [5.41, 5.74) is 7.13. The third-order valence-corrected chi connectivity index (χ3v) is 8.30. The average Bonchev–Trinajstić information content (AvgIpc) is 2.98. The number of ether oxygens (including phenoxy) is 2. The number of carbonyl (C=O) groups is 1. The van der Waals surface area contributed by atoms with Crippen LogP contribution in [-0.4, -0.2) is 25.3 Å². The van der Waals surface area contributed by atoms with E-state index in [1.807, 2.05) is 12.1 Å². The molecule has 1 fully saturated rings. The van der Waals surface area contributed by atoms with Crippen LogP contribution in [0.1, 0.15) is 98.2 Å². The Morgan fingerprint density at radius 2 is 1.18 bits per heavy atom. The van der Waals surface area contributed by atoms with E-state index in [0.29, 0.717) is 18.3 Å². The summed E-state index contributed by atoms with van der Waals surface area (Å²) >= 11 is 0. The van der Waals surface area contributed by atoms with Crippen molar-refractivity contribution < 1.29 is 14.3 Å². The van der Waals surface area contributed by atoms with Crippen molar-refractivity contribution in [1.29, 1.82) is 0 Å². The Morgan fingerprint density at radius 1 is 0.650 bits per heavy atom. The Kier molecular flexibility index (Phi) is 12.3. The minimum atomic E-state index is -0.213. The normalized spacial score (nSPS) is 17.1. The molecule has 0 atom stereocenters. The zero-order valence-electron chi connectivity index (χ0n) is 24.7. The first-order chi connectivity index (χ1) is 19.6. The quantitative estimate of drug-likeness (QED) is 0.142. The zero-order chi connectivity index (χ0) is 28.0. The topological polar surface area (TPSA) is 35.5 Å². The third-order valence-electron chi connectivity index (χ3n) is 8.30. The van der Waals surface area contributed by atoms with Crippen LogP contribution in [0.4, 0.5) is 0 Å². The highest BCUT2D eigenvalue weighted by molar-refractivity contribution is 5.89. The molecule has 3 aromatic carbocycles. The first-order valence-corrected chi connectivity index (χ1v) is 15.6. The Hall–Kier alpha value is -2.91.